The van der Waals surface area contributed by atoms with Crippen molar-refractivity contribution in [2.45, 2.75) is 51.6 Å². The number of rotatable bonds is 5. The highest BCUT2D eigenvalue weighted by Crippen LogP contribution is 2.24. The summed E-state index contributed by atoms with van der Waals surface area (Å²) in [6.45, 7) is 2.82. The predicted octanol–water partition coefficient (Wildman–Crippen LogP) is 3.15. The number of halogens is 1. The maximum atomic E-state index is 13.6. The Labute approximate surface area is 107 Å². The van der Waals surface area contributed by atoms with E-state index < -0.39 is 5.82 Å². The van der Waals surface area contributed by atoms with Crippen LogP contribution in [0.5, 0.6) is 5.88 Å². The van der Waals surface area contributed by atoms with Crippen molar-refractivity contribution in [2.75, 3.05) is 11.9 Å². The van der Waals surface area contributed by atoms with E-state index in [-0.39, 0.29) is 12.0 Å². The fraction of sp³-hybridized carbons (Fsp3) is 0.692. The molecule has 4 nitrogen and oxygen atoms in total. The minimum Gasteiger partial charge on any atom is -0.472 e. The van der Waals surface area contributed by atoms with Crippen LogP contribution in [0.3, 0.4) is 0 Å². The Kier molecular flexibility index (Phi) is 4.73. The second-order valence-electron chi connectivity index (χ2n) is 4.65. The van der Waals surface area contributed by atoms with Crippen molar-refractivity contribution < 1.29 is 9.13 Å². The van der Waals surface area contributed by atoms with Crippen LogP contribution < -0.4 is 10.1 Å². The van der Waals surface area contributed by atoms with Crippen molar-refractivity contribution in [3.05, 3.63) is 12.0 Å². The molecule has 0 unspecified atom stereocenters. The molecule has 2 rings (SSSR count). The quantitative estimate of drug-likeness (QED) is 0.875. The molecule has 0 saturated heterocycles. The minimum atomic E-state index is -0.484. The standard InChI is InChI=1S/C13H20FN3O/c1-2-8-15-13-16-9-11(14)12(17-13)18-10-6-4-3-5-7-10/h9-10H,2-8H2,1H3,(H,15,16,17). The van der Waals surface area contributed by atoms with Gasteiger partial charge in [-0.05, 0) is 32.1 Å². The van der Waals surface area contributed by atoms with Gasteiger partial charge < -0.3 is 10.1 Å². The lowest BCUT2D eigenvalue weighted by molar-refractivity contribution is 0.142. The first-order chi connectivity index (χ1) is 8.79. The third-order valence-corrected chi connectivity index (χ3v) is 3.08. The first-order valence-electron chi connectivity index (χ1n) is 6.72. The molecule has 0 radical (unpaired) electrons. The van der Waals surface area contributed by atoms with Gasteiger partial charge in [0, 0.05) is 6.54 Å². The third-order valence-electron chi connectivity index (χ3n) is 3.08. The smallest absolute Gasteiger partial charge is 0.255 e. The van der Waals surface area contributed by atoms with Gasteiger partial charge in [-0.25, -0.2) is 4.98 Å². The van der Waals surface area contributed by atoms with E-state index in [9.17, 15) is 4.39 Å². The molecule has 1 N–H and O–H groups in total. The average molecular weight is 253 g/mol. The molecule has 0 spiro atoms. The second-order valence-corrected chi connectivity index (χ2v) is 4.65. The van der Waals surface area contributed by atoms with Gasteiger partial charge in [0.1, 0.15) is 6.10 Å². The van der Waals surface area contributed by atoms with E-state index in [0.29, 0.717) is 5.95 Å². The van der Waals surface area contributed by atoms with Crippen LogP contribution in [0, 0.1) is 5.82 Å². The van der Waals surface area contributed by atoms with Crippen LogP contribution in [0.1, 0.15) is 45.4 Å². The summed E-state index contributed by atoms with van der Waals surface area (Å²) in [5.41, 5.74) is 0. The number of aromatic nitrogens is 2. The summed E-state index contributed by atoms with van der Waals surface area (Å²) < 4.78 is 19.2. The summed E-state index contributed by atoms with van der Waals surface area (Å²) in [5, 5.41) is 3.03. The van der Waals surface area contributed by atoms with Crippen LogP contribution in [-0.4, -0.2) is 22.6 Å². The van der Waals surface area contributed by atoms with Crippen LogP contribution in [0.15, 0.2) is 6.20 Å². The Morgan fingerprint density at radius 1 is 1.39 bits per heavy atom. The summed E-state index contributed by atoms with van der Waals surface area (Å²) in [6, 6.07) is 0. The molecule has 0 atom stereocenters. The molecular formula is C13H20FN3O. The lowest BCUT2D eigenvalue weighted by Gasteiger charge is -2.22. The number of hydrogen-bond acceptors (Lipinski definition) is 4. The lowest BCUT2D eigenvalue weighted by atomic mass is 9.98. The molecule has 1 fully saturated rings. The molecule has 18 heavy (non-hydrogen) atoms. The van der Waals surface area contributed by atoms with Gasteiger partial charge >= 0.3 is 0 Å². The maximum absolute atomic E-state index is 13.6. The monoisotopic (exact) mass is 253 g/mol. The zero-order valence-electron chi connectivity index (χ0n) is 10.8. The van der Waals surface area contributed by atoms with Crippen molar-refractivity contribution in [1.82, 2.24) is 9.97 Å². The van der Waals surface area contributed by atoms with E-state index in [2.05, 4.69) is 22.2 Å². The molecule has 0 aromatic carbocycles. The van der Waals surface area contributed by atoms with Crippen LogP contribution >= 0.6 is 0 Å². The van der Waals surface area contributed by atoms with Crippen molar-refractivity contribution in [3.8, 4) is 5.88 Å². The highest BCUT2D eigenvalue weighted by molar-refractivity contribution is 5.28. The van der Waals surface area contributed by atoms with Crippen LogP contribution in [0.25, 0.3) is 0 Å². The SMILES string of the molecule is CCCNc1ncc(F)c(OC2CCCCC2)n1. The Balaban J connectivity index is 2.00. The molecule has 1 aromatic heterocycles. The van der Waals surface area contributed by atoms with Gasteiger partial charge in [-0.3, -0.25) is 0 Å². The fourth-order valence-corrected chi connectivity index (χ4v) is 2.10. The fourth-order valence-electron chi connectivity index (χ4n) is 2.10. The number of hydrogen-bond donors (Lipinski definition) is 1. The number of ether oxygens (including phenoxy) is 1. The van der Waals surface area contributed by atoms with Gasteiger partial charge in [0.05, 0.1) is 6.20 Å². The van der Waals surface area contributed by atoms with Gasteiger partial charge in [-0.15, -0.1) is 0 Å². The van der Waals surface area contributed by atoms with E-state index in [1.807, 2.05) is 0 Å². The lowest BCUT2D eigenvalue weighted by Crippen LogP contribution is -2.21. The molecule has 1 saturated carbocycles. The first-order valence-corrected chi connectivity index (χ1v) is 6.72. The molecule has 1 aliphatic rings. The highest BCUT2D eigenvalue weighted by Gasteiger charge is 2.18. The molecule has 0 amide bonds. The Hall–Kier alpha value is -1.39. The number of nitrogens with zero attached hydrogens (tertiary/aromatic N) is 2. The van der Waals surface area contributed by atoms with Crippen molar-refractivity contribution in [3.63, 3.8) is 0 Å². The Morgan fingerprint density at radius 2 is 2.17 bits per heavy atom. The summed E-state index contributed by atoms with van der Waals surface area (Å²) in [5.74, 6) is 0.0298. The van der Waals surface area contributed by atoms with Crippen LogP contribution in [-0.2, 0) is 0 Å². The summed E-state index contributed by atoms with van der Waals surface area (Å²) in [6.07, 6.45) is 7.76. The van der Waals surface area contributed by atoms with Gasteiger partial charge in [-0.2, -0.15) is 9.37 Å². The maximum Gasteiger partial charge on any atom is 0.255 e. The van der Waals surface area contributed by atoms with Gasteiger partial charge in [0.25, 0.3) is 5.88 Å². The molecule has 1 aromatic rings. The van der Waals surface area contributed by atoms with Crippen LogP contribution in [0.4, 0.5) is 10.3 Å². The third kappa shape index (κ3) is 3.55. The van der Waals surface area contributed by atoms with E-state index in [0.717, 1.165) is 38.6 Å². The molecule has 1 heterocycles. The molecule has 0 aliphatic heterocycles. The first kappa shape index (κ1) is 13.1. The van der Waals surface area contributed by atoms with Crippen molar-refractivity contribution in [2.24, 2.45) is 0 Å². The Bertz CT molecular complexity index is 380. The molecular weight excluding hydrogens is 233 g/mol. The average Bonchev–Trinajstić information content (AvgIpc) is 2.41. The zero-order valence-corrected chi connectivity index (χ0v) is 10.8. The largest absolute Gasteiger partial charge is 0.472 e. The Morgan fingerprint density at radius 3 is 2.89 bits per heavy atom. The number of nitrogens with one attached hydrogen (secondary N) is 1. The number of anilines is 1. The van der Waals surface area contributed by atoms with Gasteiger partial charge in [0.15, 0.2) is 0 Å². The van der Waals surface area contributed by atoms with Crippen molar-refractivity contribution in [1.29, 1.82) is 0 Å². The molecule has 0 bridgehead atoms. The highest BCUT2D eigenvalue weighted by atomic mass is 19.1. The normalized spacial score (nSPS) is 16.6. The van der Waals surface area contributed by atoms with E-state index >= 15 is 0 Å². The van der Waals surface area contributed by atoms with Crippen LogP contribution in [0.2, 0.25) is 0 Å². The second kappa shape index (κ2) is 6.52. The minimum absolute atomic E-state index is 0.0792. The van der Waals surface area contributed by atoms with Gasteiger partial charge in [-0.1, -0.05) is 13.3 Å². The molecule has 100 valence electrons. The van der Waals surface area contributed by atoms with Gasteiger partial charge in [0.2, 0.25) is 11.8 Å². The van der Waals surface area contributed by atoms with E-state index in [1.54, 1.807) is 0 Å². The van der Waals surface area contributed by atoms with E-state index in [4.69, 9.17) is 4.74 Å². The van der Waals surface area contributed by atoms with Crippen molar-refractivity contribution >= 4 is 5.95 Å². The zero-order chi connectivity index (χ0) is 12.8. The summed E-state index contributed by atoms with van der Waals surface area (Å²) in [7, 11) is 0. The predicted molar refractivity (Wildman–Crippen MR) is 68.3 cm³/mol. The molecule has 1 aliphatic carbocycles. The summed E-state index contributed by atoms with van der Waals surface area (Å²) >= 11 is 0. The molecule has 5 heteroatoms. The summed E-state index contributed by atoms with van der Waals surface area (Å²) in [4.78, 5) is 7.98. The van der Waals surface area contributed by atoms with E-state index in [1.165, 1.54) is 12.6 Å². The topological polar surface area (TPSA) is 47.0 Å².